The number of alkyl halides is 3. The van der Waals surface area contributed by atoms with Crippen LogP contribution >= 0.6 is 0 Å². The molecule has 2 aliphatic rings. The van der Waals surface area contributed by atoms with Gasteiger partial charge in [-0.25, -0.2) is 14.3 Å². The van der Waals surface area contributed by atoms with E-state index in [1.807, 2.05) is 18.2 Å². The van der Waals surface area contributed by atoms with Crippen LogP contribution in [-0.2, 0) is 6.18 Å². The van der Waals surface area contributed by atoms with Crippen LogP contribution in [0.1, 0.15) is 28.8 Å². The highest BCUT2D eigenvalue weighted by Gasteiger charge is 2.55. The first-order chi connectivity index (χ1) is 15.7. The van der Waals surface area contributed by atoms with E-state index in [9.17, 15) is 22.8 Å². The van der Waals surface area contributed by atoms with Crippen molar-refractivity contribution in [3.8, 4) is 0 Å². The number of hydrogen-bond acceptors (Lipinski definition) is 4. The first kappa shape index (κ1) is 21.2. The van der Waals surface area contributed by atoms with E-state index < -0.39 is 17.8 Å². The van der Waals surface area contributed by atoms with E-state index in [-0.39, 0.29) is 23.2 Å². The smallest absolute Gasteiger partial charge is 0.337 e. The van der Waals surface area contributed by atoms with Crippen molar-refractivity contribution in [3.63, 3.8) is 0 Å². The molecule has 8 nitrogen and oxygen atoms in total. The molecule has 3 aromatic heterocycles. The minimum atomic E-state index is -4.51. The summed E-state index contributed by atoms with van der Waals surface area (Å²) >= 11 is 0. The molecule has 172 valence electrons. The Balaban J connectivity index is 1.15. The predicted molar refractivity (Wildman–Crippen MR) is 113 cm³/mol. The highest BCUT2D eigenvalue weighted by atomic mass is 19.4. The lowest BCUT2D eigenvalue weighted by atomic mass is 9.60. The maximum atomic E-state index is 12.9. The van der Waals surface area contributed by atoms with Crippen LogP contribution in [0.2, 0.25) is 0 Å². The third-order valence-corrected chi connectivity index (χ3v) is 6.52. The zero-order valence-corrected chi connectivity index (χ0v) is 17.7. The molecule has 0 bridgehead atoms. The number of anilines is 1. The Bertz CT molecular complexity index is 1230. The van der Waals surface area contributed by atoms with Gasteiger partial charge in [-0.1, -0.05) is 6.07 Å². The van der Waals surface area contributed by atoms with E-state index >= 15 is 0 Å². The predicted octanol–water partition coefficient (Wildman–Crippen LogP) is 3.52. The number of likely N-dealkylation sites (tertiary alicyclic amines) is 1. The monoisotopic (exact) mass is 458 g/mol. The van der Waals surface area contributed by atoms with Gasteiger partial charge in [0.25, 0.3) is 5.91 Å². The normalized spacial score (nSPS) is 17.5. The van der Waals surface area contributed by atoms with Crippen molar-refractivity contribution in [1.29, 1.82) is 0 Å². The Hall–Kier alpha value is -3.63. The molecule has 4 heterocycles. The van der Waals surface area contributed by atoms with Crippen LogP contribution in [0.3, 0.4) is 0 Å². The summed E-state index contributed by atoms with van der Waals surface area (Å²) in [6.07, 6.45) is 1.32. The van der Waals surface area contributed by atoms with Gasteiger partial charge in [0.1, 0.15) is 5.82 Å². The molecule has 1 aliphatic carbocycles. The average Bonchev–Trinajstić information content (AvgIpc) is 3.15. The van der Waals surface area contributed by atoms with Gasteiger partial charge >= 0.3 is 12.2 Å². The Morgan fingerprint density at radius 3 is 2.70 bits per heavy atom. The molecular formula is C22H21F3N6O2. The van der Waals surface area contributed by atoms with Crippen molar-refractivity contribution in [2.45, 2.75) is 25.1 Å². The number of carbonyl (C=O) groups is 2. The number of hydrogen-bond donors (Lipinski definition) is 1. The fourth-order valence-electron chi connectivity index (χ4n) is 4.69. The molecule has 0 unspecified atom stereocenters. The van der Waals surface area contributed by atoms with Crippen molar-refractivity contribution < 1.29 is 22.8 Å². The lowest BCUT2D eigenvalue weighted by molar-refractivity contribution is -0.137. The number of carbonyl (C=O) groups excluding carboxylic acids is 2. The number of nitrogens with one attached hydrogen (secondary N) is 1. The van der Waals surface area contributed by atoms with Crippen LogP contribution in [0.15, 0.2) is 48.9 Å². The van der Waals surface area contributed by atoms with E-state index in [0.717, 1.165) is 36.7 Å². The number of pyridine rings is 2. The van der Waals surface area contributed by atoms with E-state index in [0.29, 0.717) is 18.7 Å². The van der Waals surface area contributed by atoms with E-state index in [4.69, 9.17) is 0 Å². The second-order valence-corrected chi connectivity index (χ2v) is 8.78. The molecule has 0 radical (unpaired) electrons. The van der Waals surface area contributed by atoms with Crippen LogP contribution in [0.5, 0.6) is 0 Å². The summed E-state index contributed by atoms with van der Waals surface area (Å²) < 4.78 is 40.2. The largest absolute Gasteiger partial charge is 0.416 e. The topological polar surface area (TPSA) is 82.8 Å². The average molecular weight is 458 g/mol. The number of rotatable bonds is 3. The molecule has 1 aliphatic heterocycles. The minimum absolute atomic E-state index is 0.0215. The number of urea groups is 1. The number of fused-ring (bicyclic) bond motifs is 1. The molecule has 2 fully saturated rings. The Morgan fingerprint density at radius 2 is 1.97 bits per heavy atom. The van der Waals surface area contributed by atoms with Crippen molar-refractivity contribution in [2.24, 2.45) is 5.41 Å². The Labute approximate surface area is 187 Å². The van der Waals surface area contributed by atoms with Gasteiger partial charge in [-0.05, 0) is 37.1 Å². The van der Waals surface area contributed by atoms with E-state index in [1.165, 1.54) is 4.90 Å². The van der Waals surface area contributed by atoms with Gasteiger partial charge in [-0.15, -0.1) is 0 Å². The molecule has 33 heavy (non-hydrogen) atoms. The van der Waals surface area contributed by atoms with Crippen LogP contribution in [0.4, 0.5) is 23.8 Å². The van der Waals surface area contributed by atoms with Gasteiger partial charge in [0, 0.05) is 44.0 Å². The Morgan fingerprint density at radius 1 is 1.21 bits per heavy atom. The van der Waals surface area contributed by atoms with Crippen LogP contribution in [-0.4, -0.2) is 62.5 Å². The molecular weight excluding hydrogens is 437 g/mol. The number of halogens is 3. The standard InChI is InChI=1S/C22H21F3N6O2/c1-29(20(33)28-18-8-14(5-6-26-18)22(23,24)25)15-9-21(10-15)12-30(13-21)19(32)16-11-27-31-7-3-2-4-17(16)31/h2-8,11,15H,9-10,12-13H2,1H3,(H,26,28,33). The maximum Gasteiger partial charge on any atom is 0.416 e. The zero-order valence-electron chi connectivity index (χ0n) is 17.7. The highest BCUT2D eigenvalue weighted by Crippen LogP contribution is 2.50. The second-order valence-electron chi connectivity index (χ2n) is 8.78. The van der Waals surface area contributed by atoms with Crippen molar-refractivity contribution >= 4 is 23.3 Å². The van der Waals surface area contributed by atoms with Crippen molar-refractivity contribution in [1.82, 2.24) is 24.4 Å². The lowest BCUT2D eigenvalue weighted by Gasteiger charge is -2.60. The van der Waals surface area contributed by atoms with Crippen molar-refractivity contribution in [2.75, 3.05) is 25.5 Å². The van der Waals surface area contributed by atoms with Gasteiger partial charge in [0.05, 0.1) is 22.8 Å². The summed E-state index contributed by atoms with van der Waals surface area (Å²) in [5.74, 6) is -0.212. The third-order valence-electron chi connectivity index (χ3n) is 6.52. The fraction of sp³-hybridized carbons (Fsp3) is 0.364. The molecule has 5 rings (SSSR count). The quantitative estimate of drug-likeness (QED) is 0.651. The molecule has 1 N–H and O–H groups in total. The molecule has 0 aromatic carbocycles. The van der Waals surface area contributed by atoms with Crippen LogP contribution < -0.4 is 5.32 Å². The summed E-state index contributed by atoms with van der Waals surface area (Å²) in [5.41, 5.74) is 0.427. The summed E-state index contributed by atoms with van der Waals surface area (Å²) in [5, 5.41) is 6.64. The molecule has 0 atom stereocenters. The first-order valence-corrected chi connectivity index (χ1v) is 10.4. The minimum Gasteiger partial charge on any atom is -0.337 e. The number of aromatic nitrogens is 3. The molecule has 3 aromatic rings. The molecule has 3 amide bonds. The summed E-state index contributed by atoms with van der Waals surface area (Å²) in [6.45, 7) is 1.22. The summed E-state index contributed by atoms with van der Waals surface area (Å²) in [4.78, 5) is 32.4. The highest BCUT2D eigenvalue weighted by molar-refractivity contribution is 6.01. The Kier molecular flexibility index (Phi) is 4.80. The van der Waals surface area contributed by atoms with Crippen molar-refractivity contribution in [3.05, 3.63) is 60.0 Å². The molecule has 1 saturated heterocycles. The number of nitrogens with zero attached hydrogens (tertiary/aromatic N) is 5. The summed E-state index contributed by atoms with van der Waals surface area (Å²) in [7, 11) is 1.61. The lowest BCUT2D eigenvalue weighted by Crippen LogP contribution is -2.67. The molecule has 1 spiro atoms. The SMILES string of the molecule is CN(C(=O)Nc1cc(C(F)(F)F)ccn1)C1CC2(C1)CN(C(=O)c1cnn3ccccc13)C2. The van der Waals surface area contributed by atoms with Gasteiger partial charge in [-0.3, -0.25) is 10.1 Å². The first-order valence-electron chi connectivity index (χ1n) is 10.4. The fourth-order valence-corrected chi connectivity index (χ4v) is 4.69. The van der Waals surface area contributed by atoms with Crippen LogP contribution in [0, 0.1) is 5.41 Å². The van der Waals surface area contributed by atoms with E-state index in [1.54, 1.807) is 28.9 Å². The van der Waals surface area contributed by atoms with Gasteiger partial charge in [0.2, 0.25) is 0 Å². The summed E-state index contributed by atoms with van der Waals surface area (Å²) in [6, 6.07) is 6.65. The number of amides is 3. The zero-order chi connectivity index (χ0) is 23.4. The van der Waals surface area contributed by atoms with Crippen LogP contribution in [0.25, 0.3) is 5.52 Å². The van der Waals surface area contributed by atoms with Gasteiger partial charge < -0.3 is 9.80 Å². The molecule has 11 heteroatoms. The van der Waals surface area contributed by atoms with E-state index in [2.05, 4.69) is 15.4 Å². The second kappa shape index (κ2) is 7.46. The maximum absolute atomic E-state index is 12.9. The van der Waals surface area contributed by atoms with Gasteiger partial charge in [-0.2, -0.15) is 18.3 Å². The molecule has 1 saturated carbocycles. The van der Waals surface area contributed by atoms with Gasteiger partial charge in [0.15, 0.2) is 0 Å². The third kappa shape index (κ3) is 3.77.